The molecule has 138 valence electrons. The average Bonchev–Trinajstić information content (AvgIpc) is 2.93. The Morgan fingerprint density at radius 1 is 1.19 bits per heavy atom. The molecule has 26 heavy (non-hydrogen) atoms. The zero-order valence-corrected chi connectivity index (χ0v) is 15.0. The molecule has 1 fully saturated rings. The normalized spacial score (nSPS) is 18.1. The lowest BCUT2D eigenvalue weighted by Gasteiger charge is -2.35. The van der Waals surface area contributed by atoms with E-state index in [0.717, 1.165) is 6.08 Å². The minimum atomic E-state index is -3.64. The third-order valence-corrected chi connectivity index (χ3v) is 5.69. The summed E-state index contributed by atoms with van der Waals surface area (Å²) in [6.07, 6.45) is 1.38. The van der Waals surface area contributed by atoms with Gasteiger partial charge >= 0.3 is 0 Å². The van der Waals surface area contributed by atoms with Gasteiger partial charge in [-0.05, 0) is 18.2 Å². The van der Waals surface area contributed by atoms with Crippen LogP contribution in [0.25, 0.3) is 0 Å². The van der Waals surface area contributed by atoms with Gasteiger partial charge < -0.3 is 15.1 Å². The molecule has 1 N–H and O–H groups in total. The molecule has 3 rings (SSSR count). The van der Waals surface area contributed by atoms with Gasteiger partial charge in [0, 0.05) is 44.7 Å². The number of sulfonamides is 1. The molecular formula is C17H20N4O4S. The molecule has 0 radical (unpaired) electrons. The third kappa shape index (κ3) is 3.62. The minimum absolute atomic E-state index is 0.0459. The monoisotopic (exact) mass is 376 g/mol. The minimum Gasteiger partial charge on any atom is -0.352 e. The van der Waals surface area contributed by atoms with Crippen molar-refractivity contribution < 1.29 is 18.0 Å². The van der Waals surface area contributed by atoms with Gasteiger partial charge in [0.1, 0.15) is 4.90 Å². The Labute approximate surface area is 152 Å². The number of nitrogens with one attached hydrogen (secondary N) is 1. The second-order valence-corrected chi connectivity index (χ2v) is 7.57. The molecule has 0 spiro atoms. The molecule has 2 aliphatic rings. The highest BCUT2D eigenvalue weighted by Gasteiger charge is 2.33. The highest BCUT2D eigenvalue weighted by atomic mass is 32.2. The molecule has 2 aliphatic heterocycles. The predicted octanol–water partition coefficient (Wildman–Crippen LogP) is -0.0280. The molecule has 1 aromatic carbocycles. The number of benzene rings is 1. The van der Waals surface area contributed by atoms with Gasteiger partial charge in [-0.2, -0.15) is 8.42 Å². The summed E-state index contributed by atoms with van der Waals surface area (Å²) in [4.78, 5) is 27.1. The van der Waals surface area contributed by atoms with Gasteiger partial charge in [-0.3, -0.25) is 9.59 Å². The fraction of sp³-hybridized carbons (Fsp3) is 0.353. The van der Waals surface area contributed by atoms with Crippen LogP contribution in [0.4, 0.5) is 0 Å². The van der Waals surface area contributed by atoms with Gasteiger partial charge in [0.05, 0.1) is 0 Å². The topological polar surface area (TPSA) is 99.2 Å². The molecule has 0 aromatic heterocycles. The summed E-state index contributed by atoms with van der Waals surface area (Å²) in [5.74, 6) is 0.100. The third-order valence-electron chi connectivity index (χ3n) is 4.37. The van der Waals surface area contributed by atoms with Crippen molar-refractivity contribution in [1.29, 1.82) is 0 Å². The van der Waals surface area contributed by atoms with E-state index in [0.29, 0.717) is 37.6 Å². The van der Waals surface area contributed by atoms with Crippen molar-refractivity contribution in [2.75, 3.05) is 32.7 Å². The molecule has 0 bridgehead atoms. The Morgan fingerprint density at radius 2 is 1.88 bits per heavy atom. The Bertz CT molecular complexity index is 871. The molecule has 2 heterocycles. The Balaban J connectivity index is 1.59. The van der Waals surface area contributed by atoms with Crippen molar-refractivity contribution >= 4 is 27.7 Å². The number of amidine groups is 1. The highest BCUT2D eigenvalue weighted by Crippen LogP contribution is 2.27. The summed E-state index contributed by atoms with van der Waals surface area (Å²) in [7, 11) is -3.64. The molecule has 0 atom stereocenters. The fourth-order valence-corrected chi connectivity index (χ4v) is 4.23. The molecule has 2 amide bonds. The Kier molecular flexibility index (Phi) is 5.08. The van der Waals surface area contributed by atoms with Crippen molar-refractivity contribution in [2.24, 2.45) is 4.40 Å². The smallest absolute Gasteiger partial charge is 0.285 e. The summed E-state index contributed by atoms with van der Waals surface area (Å²) in [6.45, 7) is 5.60. The number of amides is 2. The zero-order valence-electron chi connectivity index (χ0n) is 14.2. The van der Waals surface area contributed by atoms with E-state index in [-0.39, 0.29) is 29.7 Å². The lowest BCUT2D eigenvalue weighted by Crippen LogP contribution is -2.51. The maximum absolute atomic E-state index is 12.2. The maximum atomic E-state index is 12.2. The van der Waals surface area contributed by atoms with Crippen molar-refractivity contribution in [1.82, 2.24) is 15.1 Å². The first-order valence-corrected chi connectivity index (χ1v) is 9.74. The number of carbonyl (C=O) groups excluding carboxylic acids is 2. The van der Waals surface area contributed by atoms with Crippen molar-refractivity contribution in [3.8, 4) is 0 Å². The molecular weight excluding hydrogens is 356 g/mol. The van der Waals surface area contributed by atoms with E-state index in [9.17, 15) is 18.0 Å². The molecule has 0 aliphatic carbocycles. The highest BCUT2D eigenvalue weighted by molar-refractivity contribution is 7.90. The predicted molar refractivity (Wildman–Crippen MR) is 96.1 cm³/mol. The summed E-state index contributed by atoms with van der Waals surface area (Å²) < 4.78 is 28.2. The zero-order chi connectivity index (χ0) is 18.7. The number of fused-ring (bicyclic) bond motifs is 1. The van der Waals surface area contributed by atoms with Gasteiger partial charge in [-0.15, -0.1) is 4.40 Å². The first kappa shape index (κ1) is 18.1. The number of hydrogen-bond acceptors (Lipinski definition) is 5. The SMILES string of the molecule is C=CC(=O)NCCC(=O)N1CCN(C2=NS(=O)(=O)c3ccccc32)CC1. The molecule has 1 saturated heterocycles. The van der Waals surface area contributed by atoms with Gasteiger partial charge in [0.2, 0.25) is 11.8 Å². The van der Waals surface area contributed by atoms with Crippen molar-refractivity contribution in [3.05, 3.63) is 42.5 Å². The molecule has 0 unspecified atom stereocenters. The van der Waals surface area contributed by atoms with Crippen LogP contribution in [0.1, 0.15) is 12.0 Å². The second-order valence-electron chi connectivity index (χ2n) is 6.00. The maximum Gasteiger partial charge on any atom is 0.285 e. The van der Waals surface area contributed by atoms with Crippen LogP contribution in [-0.2, 0) is 19.6 Å². The first-order chi connectivity index (χ1) is 12.4. The van der Waals surface area contributed by atoms with Gasteiger partial charge in [0.15, 0.2) is 5.84 Å². The van der Waals surface area contributed by atoms with Crippen molar-refractivity contribution in [2.45, 2.75) is 11.3 Å². The van der Waals surface area contributed by atoms with Crippen LogP contribution in [0.5, 0.6) is 0 Å². The number of rotatable bonds is 4. The van der Waals surface area contributed by atoms with E-state index in [2.05, 4.69) is 16.3 Å². The molecule has 0 saturated carbocycles. The number of nitrogens with zero attached hydrogens (tertiary/aromatic N) is 3. The largest absolute Gasteiger partial charge is 0.352 e. The lowest BCUT2D eigenvalue weighted by atomic mass is 10.1. The number of piperazine rings is 1. The van der Waals surface area contributed by atoms with E-state index in [4.69, 9.17) is 0 Å². The van der Waals surface area contributed by atoms with Crippen LogP contribution in [0.3, 0.4) is 0 Å². The van der Waals surface area contributed by atoms with E-state index >= 15 is 0 Å². The van der Waals surface area contributed by atoms with Crippen LogP contribution in [-0.4, -0.2) is 68.6 Å². The summed E-state index contributed by atoms with van der Waals surface area (Å²) in [5, 5.41) is 2.58. The second kappa shape index (κ2) is 7.28. The average molecular weight is 376 g/mol. The standard InChI is InChI=1S/C17H20N4O4S/c1-2-15(22)18-8-7-16(23)20-9-11-21(12-10-20)17-13-5-3-4-6-14(13)26(24,25)19-17/h2-6H,1,7-12H2,(H,18,22). The van der Waals surface area contributed by atoms with Crippen molar-refractivity contribution in [3.63, 3.8) is 0 Å². The lowest BCUT2D eigenvalue weighted by molar-refractivity contribution is -0.132. The molecule has 9 heteroatoms. The van der Waals surface area contributed by atoms with E-state index in [1.54, 1.807) is 29.2 Å². The number of hydrogen-bond donors (Lipinski definition) is 1. The quantitative estimate of drug-likeness (QED) is 0.744. The van der Waals surface area contributed by atoms with Crippen LogP contribution >= 0.6 is 0 Å². The summed E-state index contributed by atoms with van der Waals surface area (Å²) in [5.41, 5.74) is 0.611. The van der Waals surface area contributed by atoms with Crippen LogP contribution in [0.15, 0.2) is 46.2 Å². The fourth-order valence-electron chi connectivity index (χ4n) is 3.01. The van der Waals surface area contributed by atoms with E-state index in [1.165, 1.54) is 0 Å². The molecule has 8 nitrogen and oxygen atoms in total. The summed E-state index contributed by atoms with van der Waals surface area (Å²) >= 11 is 0. The Hall–Kier alpha value is -2.68. The molecule has 1 aromatic rings. The van der Waals surface area contributed by atoms with Crippen LogP contribution in [0, 0.1) is 0 Å². The van der Waals surface area contributed by atoms with E-state index in [1.807, 2.05) is 4.90 Å². The first-order valence-electron chi connectivity index (χ1n) is 8.30. The summed E-state index contributed by atoms with van der Waals surface area (Å²) in [6, 6.07) is 6.76. The van der Waals surface area contributed by atoms with E-state index < -0.39 is 10.0 Å². The van der Waals surface area contributed by atoms with Gasteiger partial charge in [-0.1, -0.05) is 18.7 Å². The van der Waals surface area contributed by atoms with Gasteiger partial charge in [0.25, 0.3) is 10.0 Å². The number of carbonyl (C=O) groups is 2. The van der Waals surface area contributed by atoms with Crippen LogP contribution in [0.2, 0.25) is 0 Å². The Morgan fingerprint density at radius 3 is 2.58 bits per heavy atom. The van der Waals surface area contributed by atoms with Crippen LogP contribution < -0.4 is 5.32 Å². The van der Waals surface area contributed by atoms with Gasteiger partial charge in [-0.25, -0.2) is 0 Å².